The molecular weight excluding hydrogens is 254 g/mol. The molecule has 0 radical (unpaired) electrons. The van der Waals surface area contributed by atoms with E-state index in [4.69, 9.17) is 9.84 Å². The quantitative estimate of drug-likeness (QED) is 0.825. The number of carboxylic acids is 1. The third-order valence-corrected chi connectivity index (χ3v) is 4.54. The van der Waals surface area contributed by atoms with E-state index >= 15 is 0 Å². The van der Waals surface area contributed by atoms with Crippen LogP contribution in [0.2, 0.25) is 0 Å². The minimum atomic E-state index is -0.873. The fraction of sp³-hybridized carbons (Fsp3) is 0.833. The summed E-state index contributed by atoms with van der Waals surface area (Å²) in [4.78, 5) is 25.0. The van der Waals surface area contributed by atoms with Crippen molar-refractivity contribution in [1.29, 1.82) is 0 Å². The maximum atomic E-state index is 12.4. The minimum absolute atomic E-state index is 0.0206. The van der Waals surface area contributed by atoms with Gasteiger partial charge in [0.05, 0.1) is 25.7 Å². The van der Waals surface area contributed by atoms with E-state index in [1.165, 1.54) is 0 Å². The molecule has 102 valence electrons. The first-order valence-electron chi connectivity index (χ1n) is 6.36. The predicted molar refractivity (Wildman–Crippen MR) is 68.6 cm³/mol. The maximum Gasteiger partial charge on any atom is 0.305 e. The Kier molecular flexibility index (Phi) is 4.88. The second-order valence-corrected chi connectivity index (χ2v) is 5.97. The summed E-state index contributed by atoms with van der Waals surface area (Å²) in [5.74, 6) is 1.40. The Morgan fingerprint density at radius 3 is 2.72 bits per heavy atom. The van der Waals surface area contributed by atoms with Crippen LogP contribution in [0.15, 0.2) is 0 Å². The second-order valence-electron chi connectivity index (χ2n) is 4.74. The molecular formula is C12H19NO4S. The second kappa shape index (κ2) is 6.43. The molecule has 6 heteroatoms. The van der Waals surface area contributed by atoms with Crippen LogP contribution in [0.1, 0.15) is 19.3 Å². The Bertz CT molecular complexity index is 317. The number of ether oxygens (including phenoxy) is 1. The first-order chi connectivity index (χ1) is 8.68. The van der Waals surface area contributed by atoms with Crippen LogP contribution >= 0.6 is 11.8 Å². The van der Waals surface area contributed by atoms with E-state index in [9.17, 15) is 9.59 Å². The lowest BCUT2D eigenvalue weighted by Gasteiger charge is -2.37. The van der Waals surface area contributed by atoms with E-state index in [-0.39, 0.29) is 24.3 Å². The Morgan fingerprint density at radius 2 is 2.06 bits per heavy atom. The van der Waals surface area contributed by atoms with Crippen molar-refractivity contribution in [2.75, 3.05) is 31.3 Å². The summed E-state index contributed by atoms with van der Waals surface area (Å²) < 4.78 is 5.29. The molecule has 0 aromatic heterocycles. The van der Waals surface area contributed by atoms with Crippen LogP contribution in [0.3, 0.4) is 0 Å². The van der Waals surface area contributed by atoms with Crippen LogP contribution in [-0.2, 0) is 14.3 Å². The number of amides is 1. The van der Waals surface area contributed by atoms with Gasteiger partial charge in [0.2, 0.25) is 5.91 Å². The van der Waals surface area contributed by atoms with Crippen molar-refractivity contribution in [2.24, 2.45) is 5.92 Å². The van der Waals surface area contributed by atoms with Gasteiger partial charge >= 0.3 is 5.97 Å². The fourth-order valence-corrected chi connectivity index (χ4v) is 3.60. The molecule has 1 atom stereocenters. The molecule has 0 saturated carbocycles. The summed E-state index contributed by atoms with van der Waals surface area (Å²) in [6.45, 7) is 1.39. The number of carbonyl (C=O) groups excluding carboxylic acids is 1. The van der Waals surface area contributed by atoms with Crippen molar-refractivity contribution in [3.8, 4) is 0 Å². The van der Waals surface area contributed by atoms with Gasteiger partial charge in [-0.05, 0) is 24.3 Å². The van der Waals surface area contributed by atoms with Gasteiger partial charge in [0.1, 0.15) is 0 Å². The summed E-state index contributed by atoms with van der Waals surface area (Å²) in [7, 11) is 0. The maximum absolute atomic E-state index is 12.4. The first kappa shape index (κ1) is 13.7. The lowest BCUT2D eigenvalue weighted by atomic mass is 9.99. The zero-order valence-corrected chi connectivity index (χ0v) is 11.2. The highest BCUT2D eigenvalue weighted by Gasteiger charge is 2.33. The molecule has 0 bridgehead atoms. The molecule has 18 heavy (non-hydrogen) atoms. The van der Waals surface area contributed by atoms with Crippen molar-refractivity contribution in [3.05, 3.63) is 0 Å². The third kappa shape index (κ3) is 3.38. The number of nitrogens with zero attached hydrogens (tertiary/aromatic N) is 1. The van der Waals surface area contributed by atoms with E-state index in [0.29, 0.717) is 19.8 Å². The Labute approximate surface area is 111 Å². The van der Waals surface area contributed by atoms with E-state index in [0.717, 1.165) is 24.3 Å². The van der Waals surface area contributed by atoms with Crippen molar-refractivity contribution in [3.63, 3.8) is 0 Å². The Balaban J connectivity index is 1.98. The molecule has 5 nitrogen and oxygen atoms in total. The van der Waals surface area contributed by atoms with E-state index < -0.39 is 5.97 Å². The van der Waals surface area contributed by atoms with Gasteiger partial charge in [-0.2, -0.15) is 11.8 Å². The van der Waals surface area contributed by atoms with Crippen molar-refractivity contribution < 1.29 is 19.4 Å². The average molecular weight is 273 g/mol. The van der Waals surface area contributed by atoms with Gasteiger partial charge in [0.15, 0.2) is 0 Å². The summed E-state index contributed by atoms with van der Waals surface area (Å²) in [5, 5.41) is 8.88. The predicted octanol–water partition coefficient (Wildman–Crippen LogP) is 0.832. The van der Waals surface area contributed by atoms with Crippen molar-refractivity contribution >= 4 is 23.6 Å². The lowest BCUT2D eigenvalue weighted by Crippen LogP contribution is -2.51. The monoisotopic (exact) mass is 273 g/mol. The number of carbonyl (C=O) groups is 2. The molecule has 1 amide bonds. The minimum Gasteiger partial charge on any atom is -0.481 e. The van der Waals surface area contributed by atoms with Gasteiger partial charge in [-0.15, -0.1) is 0 Å². The molecule has 0 aromatic carbocycles. The van der Waals surface area contributed by atoms with Gasteiger partial charge in [-0.25, -0.2) is 0 Å². The molecule has 2 heterocycles. The molecule has 2 saturated heterocycles. The summed E-state index contributed by atoms with van der Waals surface area (Å²) in [6.07, 6.45) is 1.81. The van der Waals surface area contributed by atoms with Crippen LogP contribution in [0.25, 0.3) is 0 Å². The van der Waals surface area contributed by atoms with Gasteiger partial charge in [0.25, 0.3) is 0 Å². The standard InChI is InChI=1S/C12H19NO4S/c14-11(15)7-10-8-17-4-3-13(10)12(16)9-1-5-18-6-2-9/h9-10H,1-8H2,(H,14,15)/t10-/m1/s1. The van der Waals surface area contributed by atoms with Crippen LogP contribution in [0.4, 0.5) is 0 Å². The van der Waals surface area contributed by atoms with Crippen LogP contribution in [0, 0.1) is 5.92 Å². The number of hydrogen-bond donors (Lipinski definition) is 1. The smallest absolute Gasteiger partial charge is 0.305 e. The summed E-state index contributed by atoms with van der Waals surface area (Å²) >= 11 is 1.88. The average Bonchev–Trinajstić information content (AvgIpc) is 2.39. The van der Waals surface area contributed by atoms with Gasteiger partial charge in [-0.3, -0.25) is 9.59 Å². The molecule has 1 N–H and O–H groups in total. The largest absolute Gasteiger partial charge is 0.481 e. The zero-order valence-electron chi connectivity index (χ0n) is 10.3. The summed E-state index contributed by atoms with van der Waals surface area (Å²) in [5.41, 5.74) is 0. The first-order valence-corrected chi connectivity index (χ1v) is 7.51. The summed E-state index contributed by atoms with van der Waals surface area (Å²) in [6, 6.07) is -0.293. The fourth-order valence-electron chi connectivity index (χ4n) is 2.49. The number of aliphatic carboxylic acids is 1. The molecule has 2 fully saturated rings. The highest BCUT2D eigenvalue weighted by Crippen LogP contribution is 2.26. The molecule has 2 rings (SSSR count). The number of morpholine rings is 1. The molecule has 0 unspecified atom stereocenters. The highest BCUT2D eigenvalue weighted by molar-refractivity contribution is 7.99. The number of thioether (sulfide) groups is 1. The normalized spacial score (nSPS) is 26.0. The zero-order chi connectivity index (χ0) is 13.0. The van der Waals surface area contributed by atoms with Gasteiger partial charge < -0.3 is 14.7 Å². The number of carboxylic acid groups (broad SMARTS) is 1. The number of rotatable bonds is 3. The van der Waals surface area contributed by atoms with Crippen LogP contribution < -0.4 is 0 Å². The molecule has 0 aliphatic carbocycles. The Hall–Kier alpha value is -0.750. The van der Waals surface area contributed by atoms with Gasteiger partial charge in [0, 0.05) is 12.5 Å². The van der Waals surface area contributed by atoms with E-state index in [1.807, 2.05) is 11.8 Å². The molecule has 0 aromatic rings. The highest BCUT2D eigenvalue weighted by atomic mass is 32.2. The number of hydrogen-bond acceptors (Lipinski definition) is 4. The molecule has 2 aliphatic heterocycles. The SMILES string of the molecule is O=C(O)C[C@@H]1COCCN1C(=O)C1CCSCC1. The van der Waals surface area contributed by atoms with E-state index in [1.54, 1.807) is 4.90 Å². The van der Waals surface area contributed by atoms with Crippen molar-refractivity contribution in [1.82, 2.24) is 4.90 Å². The van der Waals surface area contributed by atoms with Crippen molar-refractivity contribution in [2.45, 2.75) is 25.3 Å². The molecule has 0 spiro atoms. The lowest BCUT2D eigenvalue weighted by molar-refractivity contribution is -0.149. The molecule has 2 aliphatic rings. The third-order valence-electron chi connectivity index (χ3n) is 3.49. The van der Waals surface area contributed by atoms with E-state index in [2.05, 4.69) is 0 Å². The topological polar surface area (TPSA) is 66.8 Å². The van der Waals surface area contributed by atoms with Crippen LogP contribution in [0.5, 0.6) is 0 Å². The van der Waals surface area contributed by atoms with Gasteiger partial charge in [-0.1, -0.05) is 0 Å². The van der Waals surface area contributed by atoms with Crippen LogP contribution in [-0.4, -0.2) is 59.2 Å². The Morgan fingerprint density at radius 1 is 1.33 bits per heavy atom.